The molecule has 0 unspecified atom stereocenters. The van der Waals surface area contributed by atoms with Gasteiger partial charge in [-0.25, -0.2) is 0 Å². The number of carbonyl (C=O) groups excluding carboxylic acids is 2. The molecule has 0 saturated carbocycles. The SMILES string of the molecule is CCN1CCN(C(=O)c2cc(COc3cccc(OC)c3)[nH]n2)[C@H](C)C1=O. The van der Waals surface area contributed by atoms with Crippen molar-refractivity contribution in [3.8, 4) is 11.5 Å². The van der Waals surface area contributed by atoms with Gasteiger partial charge in [0.15, 0.2) is 5.69 Å². The van der Waals surface area contributed by atoms with Gasteiger partial charge in [-0.1, -0.05) is 6.07 Å². The maximum absolute atomic E-state index is 12.7. The van der Waals surface area contributed by atoms with E-state index in [1.807, 2.05) is 25.1 Å². The van der Waals surface area contributed by atoms with Crippen molar-refractivity contribution >= 4 is 11.8 Å². The molecule has 0 bridgehead atoms. The third-order valence-electron chi connectivity index (χ3n) is 4.68. The standard InChI is InChI=1S/C19H24N4O4/c1-4-22-8-9-23(13(2)18(22)24)19(25)17-10-14(20-21-17)12-27-16-7-5-6-15(11-16)26-3/h5-7,10-11,13H,4,8-9,12H2,1-3H3,(H,20,21)/t13-/m1/s1. The first-order valence-electron chi connectivity index (χ1n) is 8.94. The first-order chi connectivity index (χ1) is 13.0. The molecule has 1 aromatic carbocycles. The van der Waals surface area contributed by atoms with E-state index in [1.165, 1.54) is 0 Å². The molecular formula is C19H24N4O4. The molecule has 8 nitrogen and oxygen atoms in total. The van der Waals surface area contributed by atoms with Gasteiger partial charge in [0.25, 0.3) is 5.91 Å². The van der Waals surface area contributed by atoms with Crippen LogP contribution in [0.1, 0.15) is 30.0 Å². The van der Waals surface area contributed by atoms with Crippen LogP contribution in [0, 0.1) is 0 Å². The summed E-state index contributed by atoms with van der Waals surface area (Å²) in [4.78, 5) is 28.4. The van der Waals surface area contributed by atoms with Gasteiger partial charge in [-0.2, -0.15) is 5.10 Å². The second kappa shape index (κ2) is 8.11. The molecule has 1 atom stereocenters. The fourth-order valence-electron chi connectivity index (χ4n) is 3.07. The van der Waals surface area contributed by atoms with E-state index in [9.17, 15) is 9.59 Å². The Kier molecular flexibility index (Phi) is 5.63. The number of piperazine rings is 1. The molecule has 27 heavy (non-hydrogen) atoms. The molecule has 1 saturated heterocycles. The van der Waals surface area contributed by atoms with Gasteiger partial charge in [-0.3, -0.25) is 14.7 Å². The Morgan fingerprint density at radius 3 is 2.81 bits per heavy atom. The molecule has 3 rings (SSSR count). The van der Waals surface area contributed by atoms with E-state index in [0.29, 0.717) is 36.8 Å². The summed E-state index contributed by atoms with van der Waals surface area (Å²) in [7, 11) is 1.60. The van der Waals surface area contributed by atoms with Crippen molar-refractivity contribution in [2.75, 3.05) is 26.7 Å². The number of methoxy groups -OCH3 is 1. The minimum absolute atomic E-state index is 0.0331. The van der Waals surface area contributed by atoms with Crippen molar-refractivity contribution in [3.05, 3.63) is 41.7 Å². The monoisotopic (exact) mass is 372 g/mol. The summed E-state index contributed by atoms with van der Waals surface area (Å²) in [6, 6.07) is 8.45. The largest absolute Gasteiger partial charge is 0.497 e. The molecule has 144 valence electrons. The van der Waals surface area contributed by atoms with Crippen LogP contribution < -0.4 is 9.47 Å². The summed E-state index contributed by atoms with van der Waals surface area (Å²) >= 11 is 0. The predicted molar refractivity (Wildman–Crippen MR) is 98.7 cm³/mol. The first-order valence-corrected chi connectivity index (χ1v) is 8.94. The third-order valence-corrected chi connectivity index (χ3v) is 4.68. The van der Waals surface area contributed by atoms with Crippen molar-refractivity contribution in [2.45, 2.75) is 26.5 Å². The van der Waals surface area contributed by atoms with Gasteiger partial charge in [0.05, 0.1) is 12.8 Å². The van der Waals surface area contributed by atoms with Gasteiger partial charge >= 0.3 is 0 Å². The van der Waals surface area contributed by atoms with Gasteiger partial charge < -0.3 is 19.3 Å². The highest BCUT2D eigenvalue weighted by atomic mass is 16.5. The Bertz CT molecular complexity index is 820. The maximum atomic E-state index is 12.7. The number of rotatable bonds is 6. The Balaban J connectivity index is 1.63. The van der Waals surface area contributed by atoms with Crippen LogP contribution in [0.5, 0.6) is 11.5 Å². The highest BCUT2D eigenvalue weighted by Crippen LogP contribution is 2.20. The maximum Gasteiger partial charge on any atom is 0.275 e. The predicted octanol–water partition coefficient (Wildman–Crippen LogP) is 1.69. The fraction of sp³-hybridized carbons (Fsp3) is 0.421. The number of nitrogens with one attached hydrogen (secondary N) is 1. The lowest BCUT2D eigenvalue weighted by atomic mass is 10.1. The smallest absolute Gasteiger partial charge is 0.275 e. The zero-order valence-corrected chi connectivity index (χ0v) is 15.8. The molecule has 2 amide bonds. The Labute approximate surface area is 158 Å². The topological polar surface area (TPSA) is 87.8 Å². The summed E-state index contributed by atoms with van der Waals surface area (Å²) in [5.41, 5.74) is 0.955. The van der Waals surface area contributed by atoms with E-state index in [2.05, 4.69) is 10.2 Å². The Hall–Kier alpha value is -3.03. The van der Waals surface area contributed by atoms with E-state index in [1.54, 1.807) is 36.0 Å². The van der Waals surface area contributed by atoms with Crippen molar-refractivity contribution in [3.63, 3.8) is 0 Å². The highest BCUT2D eigenvalue weighted by molar-refractivity contribution is 5.96. The average molecular weight is 372 g/mol. The summed E-state index contributed by atoms with van der Waals surface area (Å²) in [5, 5.41) is 6.91. The van der Waals surface area contributed by atoms with E-state index < -0.39 is 6.04 Å². The quantitative estimate of drug-likeness (QED) is 0.834. The lowest BCUT2D eigenvalue weighted by molar-refractivity contribution is -0.139. The van der Waals surface area contributed by atoms with Crippen LogP contribution in [0.4, 0.5) is 0 Å². The van der Waals surface area contributed by atoms with Gasteiger partial charge in [0.1, 0.15) is 24.1 Å². The number of likely N-dealkylation sites (N-methyl/N-ethyl adjacent to an activating group) is 1. The van der Waals surface area contributed by atoms with Crippen LogP contribution in [0.2, 0.25) is 0 Å². The zero-order valence-electron chi connectivity index (χ0n) is 15.8. The number of amides is 2. The molecule has 0 spiro atoms. The van der Waals surface area contributed by atoms with Crippen molar-refractivity contribution in [1.29, 1.82) is 0 Å². The molecule has 2 aromatic rings. The average Bonchev–Trinajstić information content (AvgIpc) is 3.17. The molecule has 1 aliphatic rings. The third kappa shape index (κ3) is 4.05. The van der Waals surface area contributed by atoms with Crippen molar-refractivity contribution in [1.82, 2.24) is 20.0 Å². The van der Waals surface area contributed by atoms with Crippen LogP contribution in [0.25, 0.3) is 0 Å². The van der Waals surface area contributed by atoms with Gasteiger partial charge in [0, 0.05) is 25.7 Å². The number of nitrogens with zero attached hydrogens (tertiary/aromatic N) is 3. The summed E-state index contributed by atoms with van der Waals surface area (Å²) in [5.74, 6) is 1.08. The van der Waals surface area contributed by atoms with Crippen LogP contribution in [-0.2, 0) is 11.4 Å². The number of carbonyl (C=O) groups is 2. The number of benzene rings is 1. The first kappa shape index (κ1) is 18.8. The van der Waals surface area contributed by atoms with E-state index >= 15 is 0 Å². The second-order valence-electron chi connectivity index (χ2n) is 6.34. The number of hydrogen-bond acceptors (Lipinski definition) is 5. The van der Waals surface area contributed by atoms with Crippen molar-refractivity contribution in [2.24, 2.45) is 0 Å². The normalized spacial score (nSPS) is 17.1. The number of aromatic nitrogens is 2. The van der Waals surface area contributed by atoms with Crippen molar-refractivity contribution < 1.29 is 19.1 Å². The van der Waals surface area contributed by atoms with Crippen LogP contribution in [0.15, 0.2) is 30.3 Å². The summed E-state index contributed by atoms with van der Waals surface area (Å²) in [6.45, 7) is 5.63. The highest BCUT2D eigenvalue weighted by Gasteiger charge is 2.34. The number of aromatic amines is 1. The lowest BCUT2D eigenvalue weighted by Crippen LogP contribution is -2.57. The minimum Gasteiger partial charge on any atom is -0.497 e. The van der Waals surface area contributed by atoms with Crippen LogP contribution in [0.3, 0.4) is 0 Å². The van der Waals surface area contributed by atoms with E-state index in [0.717, 1.165) is 0 Å². The Morgan fingerprint density at radius 2 is 2.07 bits per heavy atom. The molecule has 1 aliphatic heterocycles. The molecule has 0 radical (unpaired) electrons. The van der Waals surface area contributed by atoms with Gasteiger partial charge in [0.2, 0.25) is 5.91 Å². The second-order valence-corrected chi connectivity index (χ2v) is 6.34. The molecular weight excluding hydrogens is 348 g/mol. The Morgan fingerprint density at radius 1 is 1.30 bits per heavy atom. The number of hydrogen-bond donors (Lipinski definition) is 1. The summed E-state index contributed by atoms with van der Waals surface area (Å²) in [6.07, 6.45) is 0. The van der Waals surface area contributed by atoms with Gasteiger partial charge in [-0.05, 0) is 32.0 Å². The number of H-pyrrole nitrogens is 1. The van der Waals surface area contributed by atoms with Gasteiger partial charge in [-0.15, -0.1) is 0 Å². The molecule has 1 N–H and O–H groups in total. The molecule has 2 heterocycles. The minimum atomic E-state index is -0.487. The zero-order chi connectivity index (χ0) is 19.4. The molecule has 1 fully saturated rings. The number of ether oxygens (including phenoxy) is 2. The van der Waals surface area contributed by atoms with Crippen LogP contribution >= 0.6 is 0 Å². The van der Waals surface area contributed by atoms with E-state index in [4.69, 9.17) is 9.47 Å². The molecule has 0 aliphatic carbocycles. The summed E-state index contributed by atoms with van der Waals surface area (Å²) < 4.78 is 10.9. The van der Waals surface area contributed by atoms with Crippen LogP contribution in [-0.4, -0.2) is 64.6 Å². The lowest BCUT2D eigenvalue weighted by Gasteiger charge is -2.38. The van der Waals surface area contributed by atoms with E-state index in [-0.39, 0.29) is 24.1 Å². The molecule has 1 aromatic heterocycles. The fourth-order valence-corrected chi connectivity index (χ4v) is 3.07. The molecule has 8 heteroatoms.